The monoisotopic (exact) mass is 371 g/mol. The molecule has 0 bridgehead atoms. The van der Waals surface area contributed by atoms with Gasteiger partial charge in [-0.25, -0.2) is 4.98 Å². The van der Waals surface area contributed by atoms with Crippen molar-refractivity contribution in [2.75, 3.05) is 0 Å². The fraction of sp³-hybridized carbons (Fsp3) is 0.375. The SMILES string of the molecule is CCC1C=CC=C(c2nc3c(o2)CCCC(c2cc(C)cc(C#N)c2)C3)N=C1. The maximum atomic E-state index is 9.30. The number of aromatic nitrogens is 1. The molecule has 2 heterocycles. The molecule has 1 aromatic carbocycles. The van der Waals surface area contributed by atoms with Gasteiger partial charge in [0, 0.05) is 25.0 Å². The van der Waals surface area contributed by atoms with E-state index in [2.05, 4.69) is 30.1 Å². The highest BCUT2D eigenvalue weighted by Crippen LogP contribution is 2.34. The van der Waals surface area contributed by atoms with Gasteiger partial charge in [-0.05, 0) is 61.4 Å². The van der Waals surface area contributed by atoms with Gasteiger partial charge in [-0.1, -0.05) is 25.1 Å². The Bertz CT molecular complexity index is 1000. The maximum Gasteiger partial charge on any atom is 0.245 e. The number of nitriles is 1. The van der Waals surface area contributed by atoms with Crippen LogP contribution in [-0.2, 0) is 12.8 Å². The Morgan fingerprint density at radius 3 is 3.00 bits per heavy atom. The van der Waals surface area contributed by atoms with Gasteiger partial charge in [0.15, 0.2) is 0 Å². The molecule has 0 radical (unpaired) electrons. The minimum atomic E-state index is 0.363. The van der Waals surface area contributed by atoms with Gasteiger partial charge < -0.3 is 4.42 Å². The maximum absolute atomic E-state index is 9.30. The van der Waals surface area contributed by atoms with Crippen molar-refractivity contribution >= 4 is 11.9 Å². The van der Waals surface area contributed by atoms with Gasteiger partial charge >= 0.3 is 0 Å². The molecule has 28 heavy (non-hydrogen) atoms. The molecule has 4 nitrogen and oxygen atoms in total. The van der Waals surface area contributed by atoms with Crippen molar-refractivity contribution < 1.29 is 4.42 Å². The molecule has 2 aromatic rings. The normalized spacial score (nSPS) is 21.4. The van der Waals surface area contributed by atoms with Gasteiger partial charge in [-0.2, -0.15) is 5.26 Å². The van der Waals surface area contributed by atoms with E-state index < -0.39 is 0 Å². The molecule has 2 atom stereocenters. The van der Waals surface area contributed by atoms with Gasteiger partial charge in [0.25, 0.3) is 0 Å². The van der Waals surface area contributed by atoms with E-state index >= 15 is 0 Å². The second-order valence-electron chi connectivity index (χ2n) is 7.71. The van der Waals surface area contributed by atoms with Crippen LogP contribution in [0.4, 0.5) is 0 Å². The van der Waals surface area contributed by atoms with E-state index in [-0.39, 0.29) is 0 Å². The van der Waals surface area contributed by atoms with Crippen molar-refractivity contribution in [1.82, 2.24) is 4.98 Å². The molecule has 0 saturated carbocycles. The van der Waals surface area contributed by atoms with E-state index in [1.165, 1.54) is 5.56 Å². The van der Waals surface area contributed by atoms with Crippen LogP contribution in [0.1, 0.15) is 66.1 Å². The lowest BCUT2D eigenvalue weighted by Gasteiger charge is -2.15. The summed E-state index contributed by atoms with van der Waals surface area (Å²) in [6.07, 6.45) is 13.1. The summed E-state index contributed by atoms with van der Waals surface area (Å²) in [4.78, 5) is 9.43. The zero-order chi connectivity index (χ0) is 19.5. The van der Waals surface area contributed by atoms with Crippen molar-refractivity contribution in [3.63, 3.8) is 0 Å². The number of fused-ring (bicyclic) bond motifs is 1. The van der Waals surface area contributed by atoms with Crippen LogP contribution in [-0.4, -0.2) is 11.2 Å². The Hall–Kier alpha value is -2.93. The van der Waals surface area contributed by atoms with E-state index in [1.807, 2.05) is 37.4 Å². The number of aliphatic imine (C=N–C) groups is 1. The van der Waals surface area contributed by atoms with Crippen molar-refractivity contribution in [2.45, 2.75) is 51.9 Å². The smallest absolute Gasteiger partial charge is 0.245 e. The Labute approximate surface area is 166 Å². The molecule has 1 aliphatic heterocycles. The molecule has 0 amide bonds. The first-order valence-electron chi connectivity index (χ1n) is 10.1. The third-order valence-electron chi connectivity index (χ3n) is 5.58. The summed E-state index contributed by atoms with van der Waals surface area (Å²) < 4.78 is 6.12. The molecule has 2 aliphatic rings. The number of hydrogen-bond acceptors (Lipinski definition) is 4. The molecule has 1 aliphatic carbocycles. The van der Waals surface area contributed by atoms with Crippen molar-refractivity contribution in [2.24, 2.45) is 10.9 Å². The van der Waals surface area contributed by atoms with Crippen molar-refractivity contribution in [1.29, 1.82) is 5.26 Å². The third kappa shape index (κ3) is 3.84. The number of rotatable bonds is 3. The number of aryl methyl sites for hydroxylation is 2. The van der Waals surface area contributed by atoms with Gasteiger partial charge in [-0.3, -0.25) is 4.99 Å². The van der Waals surface area contributed by atoms with Crippen LogP contribution in [0.2, 0.25) is 0 Å². The van der Waals surface area contributed by atoms with Crippen molar-refractivity contribution in [3.8, 4) is 6.07 Å². The predicted octanol–water partition coefficient (Wildman–Crippen LogP) is 5.53. The van der Waals surface area contributed by atoms with Crippen LogP contribution >= 0.6 is 0 Å². The predicted molar refractivity (Wildman–Crippen MR) is 111 cm³/mol. The first kappa shape index (κ1) is 18.4. The van der Waals surface area contributed by atoms with E-state index in [0.29, 0.717) is 17.7 Å². The van der Waals surface area contributed by atoms with Gasteiger partial charge in [0.2, 0.25) is 5.89 Å². The standard InChI is InChI=1S/C24H25N3O/c1-3-17-6-4-8-21(26-15-17)24-27-22-13-19(7-5-9-23(22)28-24)20-11-16(2)10-18(12-20)14-25/h4,6,8,10-12,15,17,19H,3,5,7,9,13H2,1-2H3. The summed E-state index contributed by atoms with van der Waals surface area (Å²) in [7, 11) is 0. The topological polar surface area (TPSA) is 62.2 Å². The van der Waals surface area contributed by atoms with Gasteiger partial charge in [-0.15, -0.1) is 0 Å². The van der Waals surface area contributed by atoms with Gasteiger partial charge in [0.05, 0.1) is 17.3 Å². The summed E-state index contributed by atoms with van der Waals surface area (Å²) in [5.74, 6) is 2.33. The number of hydrogen-bond donors (Lipinski definition) is 0. The molecular weight excluding hydrogens is 346 g/mol. The summed E-state index contributed by atoms with van der Waals surface area (Å²) in [5.41, 5.74) is 4.92. The molecule has 0 N–H and O–H groups in total. The van der Waals surface area contributed by atoms with E-state index in [9.17, 15) is 5.26 Å². The molecule has 4 rings (SSSR count). The Morgan fingerprint density at radius 1 is 1.29 bits per heavy atom. The quantitative estimate of drug-likeness (QED) is 0.667. The van der Waals surface area contributed by atoms with Crippen LogP contribution < -0.4 is 0 Å². The molecule has 142 valence electrons. The van der Waals surface area contributed by atoms with E-state index in [0.717, 1.165) is 60.4 Å². The lowest BCUT2D eigenvalue weighted by molar-refractivity contribution is 0.481. The molecule has 0 saturated heterocycles. The molecule has 0 spiro atoms. The fourth-order valence-corrected chi connectivity index (χ4v) is 4.02. The van der Waals surface area contributed by atoms with Crippen LogP contribution in [0.3, 0.4) is 0 Å². The zero-order valence-corrected chi connectivity index (χ0v) is 16.5. The van der Waals surface area contributed by atoms with Gasteiger partial charge in [0.1, 0.15) is 11.5 Å². The molecule has 1 aromatic heterocycles. The minimum Gasteiger partial charge on any atom is -0.440 e. The average molecular weight is 371 g/mol. The van der Waals surface area contributed by atoms with Crippen LogP contribution in [0.5, 0.6) is 0 Å². The Morgan fingerprint density at radius 2 is 2.18 bits per heavy atom. The molecule has 4 heteroatoms. The second kappa shape index (κ2) is 7.98. The number of nitrogens with zero attached hydrogens (tertiary/aromatic N) is 3. The summed E-state index contributed by atoms with van der Waals surface area (Å²) in [6, 6.07) is 8.44. The van der Waals surface area contributed by atoms with E-state index in [1.54, 1.807) is 0 Å². The number of benzene rings is 1. The number of allylic oxidation sites excluding steroid dienone is 3. The summed E-state index contributed by atoms with van der Waals surface area (Å²) in [5, 5.41) is 9.30. The molecule has 2 unspecified atom stereocenters. The molecule has 0 fully saturated rings. The summed E-state index contributed by atoms with van der Waals surface area (Å²) in [6.45, 7) is 4.21. The van der Waals surface area contributed by atoms with Crippen LogP contribution in [0.25, 0.3) is 5.70 Å². The fourth-order valence-electron chi connectivity index (χ4n) is 4.02. The van der Waals surface area contributed by atoms with E-state index in [4.69, 9.17) is 9.40 Å². The number of oxazole rings is 1. The first-order valence-corrected chi connectivity index (χ1v) is 10.1. The summed E-state index contributed by atoms with van der Waals surface area (Å²) >= 11 is 0. The minimum absolute atomic E-state index is 0.363. The highest BCUT2D eigenvalue weighted by molar-refractivity contribution is 5.75. The van der Waals surface area contributed by atoms with Crippen LogP contribution in [0.15, 0.2) is 45.8 Å². The van der Waals surface area contributed by atoms with Crippen molar-refractivity contribution in [3.05, 3.63) is 70.5 Å². The lowest BCUT2D eigenvalue weighted by Crippen LogP contribution is -2.03. The first-order chi connectivity index (χ1) is 13.7. The highest BCUT2D eigenvalue weighted by Gasteiger charge is 2.24. The zero-order valence-electron chi connectivity index (χ0n) is 16.5. The Kier molecular flexibility index (Phi) is 5.25. The largest absolute Gasteiger partial charge is 0.440 e. The van der Waals surface area contributed by atoms with Crippen LogP contribution in [0, 0.1) is 24.2 Å². The molecular formula is C24H25N3O. The highest BCUT2D eigenvalue weighted by atomic mass is 16.4. The Balaban J connectivity index is 1.61. The average Bonchev–Trinajstić information content (AvgIpc) is 2.87. The lowest BCUT2D eigenvalue weighted by atomic mass is 9.89. The second-order valence-corrected chi connectivity index (χ2v) is 7.71. The third-order valence-corrected chi connectivity index (χ3v) is 5.58.